The average molecular weight is 418 g/mol. The summed E-state index contributed by atoms with van der Waals surface area (Å²) in [6.45, 7) is -0.685. The van der Waals surface area contributed by atoms with Crippen LogP contribution in [0.5, 0.6) is 11.5 Å². The molecule has 0 spiro atoms. The van der Waals surface area contributed by atoms with Crippen molar-refractivity contribution in [1.29, 1.82) is 0 Å². The fourth-order valence-corrected chi connectivity index (χ4v) is 4.05. The van der Waals surface area contributed by atoms with E-state index in [0.717, 1.165) is 11.1 Å². The van der Waals surface area contributed by atoms with Gasteiger partial charge in [-0.05, 0) is 25.0 Å². The lowest BCUT2D eigenvalue weighted by Crippen LogP contribution is -2.46. The van der Waals surface area contributed by atoms with Crippen LogP contribution in [-0.2, 0) is 9.59 Å². The Morgan fingerprint density at radius 3 is 2.03 bits per heavy atom. The third kappa shape index (κ3) is 4.13. The molecule has 5 nitrogen and oxygen atoms in total. The van der Waals surface area contributed by atoms with E-state index in [0.29, 0.717) is 37.4 Å². The number of ether oxygens (including phenoxy) is 1. The molecule has 0 aliphatic carbocycles. The molecule has 0 radical (unpaired) electrons. The highest BCUT2D eigenvalue weighted by molar-refractivity contribution is 5.90. The summed E-state index contributed by atoms with van der Waals surface area (Å²) < 4.78 is 42.9. The van der Waals surface area contributed by atoms with Gasteiger partial charge in [0.15, 0.2) is 0 Å². The van der Waals surface area contributed by atoms with Crippen LogP contribution < -0.4 is 10.1 Å². The average Bonchev–Trinajstić information content (AvgIpc) is 2.75. The second-order valence-electron chi connectivity index (χ2n) is 7.54. The van der Waals surface area contributed by atoms with E-state index in [1.165, 1.54) is 0 Å². The van der Waals surface area contributed by atoms with Gasteiger partial charge in [-0.25, -0.2) is 0 Å². The van der Waals surface area contributed by atoms with E-state index < -0.39 is 30.5 Å². The van der Waals surface area contributed by atoms with Crippen LogP contribution in [0.3, 0.4) is 0 Å². The highest BCUT2D eigenvalue weighted by Crippen LogP contribution is 2.44. The summed E-state index contributed by atoms with van der Waals surface area (Å²) in [6, 6.07) is 14.8. The van der Waals surface area contributed by atoms with Gasteiger partial charge in [0.1, 0.15) is 18.0 Å². The molecule has 1 saturated heterocycles. The standard InChI is InChI=1S/C22H21F3N2O3/c23-22(24,25)13-26-20(28)14-9-11-27(12-10-14)21(29)19-15-5-1-3-7-17(15)30-18-8-4-2-6-16(18)19/h1-8,14,19H,9-13H2,(H,26,28). The zero-order chi connectivity index (χ0) is 21.3. The SMILES string of the molecule is O=C(NCC(F)(F)F)C1CCN(C(=O)C2c3ccccc3Oc3ccccc32)CC1. The molecule has 2 aliphatic rings. The van der Waals surface area contributed by atoms with Crippen molar-refractivity contribution >= 4 is 11.8 Å². The van der Waals surface area contributed by atoms with Gasteiger partial charge in [-0.15, -0.1) is 0 Å². The summed E-state index contributed by atoms with van der Waals surface area (Å²) >= 11 is 0. The summed E-state index contributed by atoms with van der Waals surface area (Å²) in [5.41, 5.74) is 1.57. The van der Waals surface area contributed by atoms with Gasteiger partial charge in [-0.2, -0.15) is 13.2 Å². The predicted octanol–water partition coefficient (Wildman–Crippen LogP) is 3.84. The lowest BCUT2D eigenvalue weighted by molar-refractivity contribution is -0.143. The molecule has 0 aromatic heterocycles. The first-order chi connectivity index (χ1) is 14.3. The number of likely N-dealkylation sites (tertiary alicyclic amines) is 1. The first kappa shape index (κ1) is 20.3. The van der Waals surface area contributed by atoms with Gasteiger partial charge in [0.25, 0.3) is 0 Å². The van der Waals surface area contributed by atoms with Gasteiger partial charge in [0.2, 0.25) is 11.8 Å². The summed E-state index contributed by atoms with van der Waals surface area (Å²) in [5, 5.41) is 1.94. The Bertz CT molecular complexity index is 907. The maximum atomic E-state index is 13.4. The van der Waals surface area contributed by atoms with Crippen molar-refractivity contribution in [3.8, 4) is 11.5 Å². The number of piperidine rings is 1. The Balaban J connectivity index is 1.47. The van der Waals surface area contributed by atoms with Crippen LogP contribution in [0, 0.1) is 5.92 Å². The van der Waals surface area contributed by atoms with Crippen molar-refractivity contribution in [1.82, 2.24) is 10.2 Å². The van der Waals surface area contributed by atoms with Crippen molar-refractivity contribution in [3.05, 3.63) is 59.7 Å². The molecule has 4 rings (SSSR count). The van der Waals surface area contributed by atoms with E-state index in [1.807, 2.05) is 53.8 Å². The number of carbonyl (C=O) groups excluding carboxylic acids is 2. The topological polar surface area (TPSA) is 58.6 Å². The molecule has 158 valence electrons. The van der Waals surface area contributed by atoms with Crippen LogP contribution in [-0.4, -0.2) is 42.5 Å². The third-order valence-corrected chi connectivity index (χ3v) is 5.57. The summed E-state index contributed by atoms with van der Waals surface area (Å²) in [6.07, 6.45) is -3.76. The maximum Gasteiger partial charge on any atom is 0.405 e. The van der Waals surface area contributed by atoms with Crippen LogP contribution in [0.2, 0.25) is 0 Å². The van der Waals surface area contributed by atoms with Gasteiger partial charge in [-0.1, -0.05) is 36.4 Å². The predicted molar refractivity (Wildman–Crippen MR) is 103 cm³/mol. The number of halogens is 3. The minimum atomic E-state index is -4.43. The second-order valence-corrected chi connectivity index (χ2v) is 7.54. The minimum absolute atomic E-state index is 0.0904. The van der Waals surface area contributed by atoms with E-state index >= 15 is 0 Å². The van der Waals surface area contributed by atoms with E-state index in [-0.39, 0.29) is 5.91 Å². The molecule has 2 aromatic rings. The van der Waals surface area contributed by atoms with Crippen molar-refractivity contribution in [2.24, 2.45) is 5.92 Å². The number of hydrogen-bond acceptors (Lipinski definition) is 3. The van der Waals surface area contributed by atoms with E-state index in [4.69, 9.17) is 4.74 Å². The molecule has 1 fully saturated rings. The third-order valence-electron chi connectivity index (χ3n) is 5.57. The minimum Gasteiger partial charge on any atom is -0.457 e. The zero-order valence-corrected chi connectivity index (χ0v) is 16.1. The molecule has 2 aliphatic heterocycles. The van der Waals surface area contributed by atoms with E-state index in [2.05, 4.69) is 0 Å². The lowest BCUT2D eigenvalue weighted by Gasteiger charge is -2.36. The second kappa shape index (κ2) is 8.01. The van der Waals surface area contributed by atoms with Crippen LogP contribution in [0.4, 0.5) is 13.2 Å². The Morgan fingerprint density at radius 1 is 0.967 bits per heavy atom. The Morgan fingerprint density at radius 2 is 1.50 bits per heavy atom. The number of carbonyl (C=O) groups is 2. The molecule has 1 N–H and O–H groups in total. The fraction of sp³-hybridized carbons (Fsp3) is 0.364. The summed E-state index contributed by atoms with van der Waals surface area (Å²) in [4.78, 5) is 27.1. The quantitative estimate of drug-likeness (QED) is 0.824. The molecule has 0 bridgehead atoms. The smallest absolute Gasteiger partial charge is 0.405 e. The normalized spacial score (nSPS) is 17.0. The first-order valence-corrected chi connectivity index (χ1v) is 9.82. The Labute approximate surface area is 171 Å². The zero-order valence-electron chi connectivity index (χ0n) is 16.1. The number of alkyl halides is 3. The highest BCUT2D eigenvalue weighted by Gasteiger charge is 2.37. The first-order valence-electron chi connectivity index (χ1n) is 9.82. The largest absolute Gasteiger partial charge is 0.457 e. The number of nitrogens with zero attached hydrogens (tertiary/aromatic N) is 1. The number of fused-ring (bicyclic) bond motifs is 2. The van der Waals surface area contributed by atoms with Crippen LogP contribution in [0.1, 0.15) is 29.9 Å². The van der Waals surface area contributed by atoms with Crippen LogP contribution in [0.25, 0.3) is 0 Å². The number of nitrogens with one attached hydrogen (secondary N) is 1. The molecule has 2 heterocycles. The summed E-state index contributed by atoms with van der Waals surface area (Å²) in [5.74, 6) is -0.465. The van der Waals surface area contributed by atoms with Gasteiger partial charge >= 0.3 is 6.18 Å². The molecule has 0 saturated carbocycles. The number of hydrogen-bond donors (Lipinski definition) is 1. The molecule has 2 aromatic carbocycles. The highest BCUT2D eigenvalue weighted by atomic mass is 19.4. The van der Waals surface area contributed by atoms with Gasteiger partial charge in [-0.3, -0.25) is 9.59 Å². The fourth-order valence-electron chi connectivity index (χ4n) is 4.05. The molecular formula is C22H21F3N2O3. The van der Waals surface area contributed by atoms with Crippen molar-refractivity contribution < 1.29 is 27.5 Å². The van der Waals surface area contributed by atoms with Crippen LogP contribution >= 0.6 is 0 Å². The molecule has 30 heavy (non-hydrogen) atoms. The Kier molecular flexibility index (Phi) is 5.40. The van der Waals surface area contributed by atoms with Gasteiger partial charge in [0.05, 0.1) is 5.92 Å². The summed E-state index contributed by atoms with van der Waals surface area (Å²) in [7, 11) is 0. The number of para-hydroxylation sites is 2. The van der Waals surface area contributed by atoms with E-state index in [1.54, 1.807) is 4.90 Å². The number of benzene rings is 2. The molecular weight excluding hydrogens is 397 g/mol. The van der Waals surface area contributed by atoms with Gasteiger partial charge < -0.3 is 15.0 Å². The lowest BCUT2D eigenvalue weighted by atomic mass is 9.86. The van der Waals surface area contributed by atoms with Gasteiger partial charge in [0, 0.05) is 30.1 Å². The number of rotatable bonds is 3. The molecule has 0 atom stereocenters. The van der Waals surface area contributed by atoms with Crippen molar-refractivity contribution in [3.63, 3.8) is 0 Å². The van der Waals surface area contributed by atoms with Crippen molar-refractivity contribution in [2.75, 3.05) is 19.6 Å². The molecule has 2 amide bonds. The molecule has 8 heteroatoms. The monoisotopic (exact) mass is 418 g/mol. The van der Waals surface area contributed by atoms with E-state index in [9.17, 15) is 22.8 Å². The van der Waals surface area contributed by atoms with Crippen LogP contribution in [0.15, 0.2) is 48.5 Å². The molecule has 0 unspecified atom stereocenters. The number of amides is 2. The van der Waals surface area contributed by atoms with Crippen molar-refractivity contribution in [2.45, 2.75) is 24.9 Å². The Hall–Kier alpha value is -3.03. The maximum absolute atomic E-state index is 13.4.